The van der Waals surface area contributed by atoms with E-state index in [0.29, 0.717) is 6.04 Å². The number of hydrogen-bond donors (Lipinski definition) is 1. The van der Waals surface area contributed by atoms with Crippen molar-refractivity contribution >= 4 is 28.4 Å². The number of nitrogens with two attached hydrogens (primary N) is 1. The molecule has 0 aromatic rings. The van der Waals surface area contributed by atoms with E-state index in [1.807, 2.05) is 0 Å². The molecule has 8 heavy (non-hydrogen) atoms. The number of hydrogen-bond acceptors (Lipinski definition) is 1. The molecule has 0 aromatic carbocycles. The molecule has 2 unspecified atom stereocenters. The van der Waals surface area contributed by atoms with Gasteiger partial charge < -0.3 is 0 Å². The molecule has 1 saturated carbocycles. The first-order chi connectivity index (χ1) is 3.29. The van der Waals surface area contributed by atoms with Gasteiger partial charge in [0.05, 0.1) is 0 Å². The summed E-state index contributed by atoms with van der Waals surface area (Å²) in [6.45, 7) is 0. The average Bonchev–Trinajstić information content (AvgIpc) is 1.87. The van der Waals surface area contributed by atoms with E-state index in [2.05, 4.69) is 16.0 Å². The molecule has 1 fully saturated rings. The van der Waals surface area contributed by atoms with Gasteiger partial charge in [-0.25, -0.2) is 0 Å². The molecule has 1 nitrogen and oxygen atoms in total. The van der Waals surface area contributed by atoms with E-state index < -0.39 is 0 Å². The van der Waals surface area contributed by atoms with Gasteiger partial charge in [0.25, 0.3) is 0 Å². The van der Waals surface area contributed by atoms with Gasteiger partial charge in [-0.05, 0) is 0 Å². The number of halogens is 1. The fourth-order valence-corrected chi connectivity index (χ4v) is 1.87. The second kappa shape index (κ2) is 3.73. The Morgan fingerprint density at radius 1 is 1.38 bits per heavy atom. The molecule has 50 valence electrons. The summed E-state index contributed by atoms with van der Waals surface area (Å²) in [6.07, 6.45) is 3.78. The van der Waals surface area contributed by atoms with E-state index in [4.69, 9.17) is 5.73 Å². The van der Waals surface area contributed by atoms with Gasteiger partial charge in [-0.3, -0.25) is 0 Å². The third-order valence-electron chi connectivity index (χ3n) is 1.45. The Balaban J connectivity index is 0.000000490. The van der Waals surface area contributed by atoms with Crippen molar-refractivity contribution in [2.75, 3.05) is 0 Å². The summed E-state index contributed by atoms with van der Waals surface area (Å²) < 4.78 is 0. The second-order valence-electron chi connectivity index (χ2n) is 2.23. The number of rotatable bonds is 0. The zero-order valence-corrected chi connectivity index (χ0v) is 7.40. The van der Waals surface area contributed by atoms with E-state index in [1.54, 1.807) is 0 Å². The molecule has 0 aliphatic heterocycles. The van der Waals surface area contributed by atoms with Crippen LogP contribution in [0.25, 0.3) is 0 Å². The third kappa shape index (κ3) is 2.36. The fraction of sp³-hybridized carbons (Fsp3) is 1.00. The molecule has 1 aliphatic rings. The minimum absolute atomic E-state index is 0. The molecule has 1 aliphatic carbocycles. The molecule has 0 saturated heterocycles. The van der Waals surface area contributed by atoms with Crippen LogP contribution in [-0.2, 0) is 0 Å². The molecular formula is C5H12ClNSe. The SMILES string of the molecule is Cl.NC1CCC([SeH])C1. The van der Waals surface area contributed by atoms with Crippen LogP contribution in [0.2, 0.25) is 4.82 Å². The summed E-state index contributed by atoms with van der Waals surface area (Å²) in [5.41, 5.74) is 5.62. The van der Waals surface area contributed by atoms with Gasteiger partial charge in [0.2, 0.25) is 0 Å². The van der Waals surface area contributed by atoms with E-state index >= 15 is 0 Å². The first-order valence-corrected chi connectivity index (χ1v) is 3.81. The van der Waals surface area contributed by atoms with Crippen LogP contribution < -0.4 is 5.73 Å². The molecule has 2 N–H and O–H groups in total. The Morgan fingerprint density at radius 3 is 2.12 bits per heavy atom. The van der Waals surface area contributed by atoms with Crippen LogP contribution in [0.15, 0.2) is 0 Å². The summed E-state index contributed by atoms with van der Waals surface area (Å²) in [6, 6.07) is 0.508. The predicted octanol–water partition coefficient (Wildman–Crippen LogP) is 0.609. The van der Waals surface area contributed by atoms with Crippen molar-refractivity contribution in [3.63, 3.8) is 0 Å². The van der Waals surface area contributed by atoms with Crippen molar-refractivity contribution in [3.8, 4) is 0 Å². The van der Waals surface area contributed by atoms with Crippen molar-refractivity contribution in [2.24, 2.45) is 5.73 Å². The Hall–Kier alpha value is 0.769. The van der Waals surface area contributed by atoms with Gasteiger partial charge in [-0.15, -0.1) is 12.4 Å². The Morgan fingerprint density at radius 2 is 2.00 bits per heavy atom. The van der Waals surface area contributed by atoms with Gasteiger partial charge in [0.1, 0.15) is 0 Å². The molecule has 0 bridgehead atoms. The summed E-state index contributed by atoms with van der Waals surface area (Å²) in [4.78, 5) is 0.836. The zero-order valence-electron chi connectivity index (χ0n) is 4.71. The minimum atomic E-state index is 0. The first-order valence-electron chi connectivity index (χ1n) is 2.72. The summed E-state index contributed by atoms with van der Waals surface area (Å²) in [5, 5.41) is 0. The predicted molar refractivity (Wildman–Crippen MR) is 40.0 cm³/mol. The van der Waals surface area contributed by atoms with Crippen molar-refractivity contribution in [3.05, 3.63) is 0 Å². The summed E-state index contributed by atoms with van der Waals surface area (Å²) >= 11 is 2.68. The van der Waals surface area contributed by atoms with Gasteiger partial charge >= 0.3 is 51.9 Å². The topological polar surface area (TPSA) is 26.0 Å². The second-order valence-corrected chi connectivity index (χ2v) is 3.76. The van der Waals surface area contributed by atoms with Crippen LogP contribution in [-0.4, -0.2) is 22.1 Å². The van der Waals surface area contributed by atoms with Crippen LogP contribution in [0.3, 0.4) is 0 Å². The van der Waals surface area contributed by atoms with Crippen LogP contribution in [0.4, 0.5) is 0 Å². The molecule has 2 atom stereocenters. The van der Waals surface area contributed by atoms with Crippen LogP contribution in [0.5, 0.6) is 0 Å². The fourth-order valence-electron chi connectivity index (χ4n) is 0.992. The Bertz CT molecular complexity index is 61.4. The van der Waals surface area contributed by atoms with E-state index in [-0.39, 0.29) is 12.4 Å². The van der Waals surface area contributed by atoms with Crippen molar-refractivity contribution < 1.29 is 0 Å². The summed E-state index contributed by atoms with van der Waals surface area (Å²) in [5.74, 6) is 0. The van der Waals surface area contributed by atoms with Gasteiger partial charge in [0, 0.05) is 0 Å². The zero-order chi connectivity index (χ0) is 5.28. The van der Waals surface area contributed by atoms with Crippen molar-refractivity contribution in [1.29, 1.82) is 0 Å². The third-order valence-corrected chi connectivity index (χ3v) is 2.43. The van der Waals surface area contributed by atoms with Gasteiger partial charge in [-0.2, -0.15) is 0 Å². The maximum absolute atomic E-state index is 5.62. The van der Waals surface area contributed by atoms with E-state index in [9.17, 15) is 0 Å². The van der Waals surface area contributed by atoms with E-state index in [0.717, 1.165) is 4.82 Å². The Labute approximate surface area is 64.6 Å². The summed E-state index contributed by atoms with van der Waals surface area (Å²) in [7, 11) is 0. The van der Waals surface area contributed by atoms with E-state index in [1.165, 1.54) is 19.3 Å². The molecule has 3 heteroatoms. The molecule has 0 radical (unpaired) electrons. The molecule has 1 rings (SSSR count). The van der Waals surface area contributed by atoms with Gasteiger partial charge in [0.15, 0.2) is 0 Å². The van der Waals surface area contributed by atoms with Crippen LogP contribution >= 0.6 is 12.4 Å². The monoisotopic (exact) mass is 201 g/mol. The normalized spacial score (nSPS) is 36.8. The average molecular weight is 201 g/mol. The first kappa shape index (κ1) is 8.77. The van der Waals surface area contributed by atoms with Crippen molar-refractivity contribution in [1.82, 2.24) is 0 Å². The standard InChI is InChI=1S/C5H11NSe.ClH/c6-4-1-2-5(7)3-4;/h4-5,7H,1-3,6H2;1H. The van der Waals surface area contributed by atoms with Crippen LogP contribution in [0, 0.1) is 0 Å². The quantitative estimate of drug-likeness (QED) is 0.570. The van der Waals surface area contributed by atoms with Gasteiger partial charge in [-0.1, -0.05) is 0 Å². The Kier molecular flexibility index (Phi) is 4.09. The maximum atomic E-state index is 5.62. The van der Waals surface area contributed by atoms with Crippen LogP contribution in [0.1, 0.15) is 19.3 Å². The molecule has 0 heterocycles. The molecular weight excluding hydrogens is 188 g/mol. The van der Waals surface area contributed by atoms with Crippen molar-refractivity contribution in [2.45, 2.75) is 30.1 Å². The molecule has 0 aromatic heterocycles. The molecule has 0 amide bonds. The molecule has 0 spiro atoms.